The fourth-order valence-corrected chi connectivity index (χ4v) is 5.31. The van der Waals surface area contributed by atoms with Crippen molar-refractivity contribution in [3.63, 3.8) is 0 Å². The van der Waals surface area contributed by atoms with Crippen molar-refractivity contribution in [2.45, 2.75) is 58.5 Å². The first kappa shape index (κ1) is 23.9. The molecule has 4 nitrogen and oxygen atoms in total. The van der Waals surface area contributed by atoms with E-state index < -0.39 is 5.97 Å². The van der Waals surface area contributed by atoms with Gasteiger partial charge < -0.3 is 14.2 Å². The Hall–Kier alpha value is -3.79. The molecule has 0 saturated carbocycles. The lowest BCUT2D eigenvalue weighted by Gasteiger charge is -2.08. The van der Waals surface area contributed by atoms with E-state index >= 15 is 0 Å². The van der Waals surface area contributed by atoms with Crippen LogP contribution in [0.15, 0.2) is 78.9 Å². The number of pyridine rings is 1. The number of benzene rings is 2. The van der Waals surface area contributed by atoms with Crippen molar-refractivity contribution in [2.24, 2.45) is 0 Å². The third-order valence-corrected chi connectivity index (χ3v) is 7.07. The Balaban J connectivity index is 1.38. The lowest BCUT2D eigenvalue weighted by molar-refractivity contribution is -0.137. The smallest absolute Gasteiger partial charge is 0.303 e. The molecule has 1 N–H and O–H groups in total. The van der Waals surface area contributed by atoms with Crippen molar-refractivity contribution in [1.82, 2.24) is 4.40 Å². The predicted molar refractivity (Wildman–Crippen MR) is 146 cm³/mol. The Bertz CT molecular complexity index is 1430. The lowest BCUT2D eigenvalue weighted by atomic mass is 9.98. The molecule has 0 aliphatic heterocycles. The quantitative estimate of drug-likeness (QED) is 0.185. The summed E-state index contributed by atoms with van der Waals surface area (Å²) in [5.74, 6) is 0.176. The van der Waals surface area contributed by atoms with Gasteiger partial charge in [0.05, 0.1) is 11.0 Å². The summed E-state index contributed by atoms with van der Waals surface area (Å²) in [6.45, 7) is 2.80. The molecule has 36 heavy (non-hydrogen) atoms. The average molecular weight is 480 g/mol. The summed E-state index contributed by atoms with van der Waals surface area (Å²) < 4.78 is 8.44. The summed E-state index contributed by atoms with van der Waals surface area (Å²) >= 11 is 0. The van der Waals surface area contributed by atoms with E-state index in [1.807, 2.05) is 18.2 Å². The van der Waals surface area contributed by atoms with E-state index in [-0.39, 0.29) is 6.42 Å². The Morgan fingerprint density at radius 3 is 2.33 bits per heavy atom. The Kier molecular flexibility index (Phi) is 7.22. The van der Waals surface area contributed by atoms with Crippen molar-refractivity contribution < 1.29 is 14.6 Å². The van der Waals surface area contributed by atoms with Gasteiger partial charge in [0, 0.05) is 17.5 Å². The second-order valence-electron chi connectivity index (χ2n) is 9.50. The summed E-state index contributed by atoms with van der Waals surface area (Å²) in [6.07, 6.45) is 6.14. The molecule has 0 bridgehead atoms. The Morgan fingerprint density at radius 1 is 0.833 bits per heavy atom. The molecule has 0 fully saturated rings. The number of carboxylic acid groups (broad SMARTS) is 1. The molecule has 0 atom stereocenters. The topological polar surface area (TPSA) is 50.9 Å². The number of carbonyl (C=O) groups is 1. The van der Waals surface area contributed by atoms with Gasteiger partial charge in [0.1, 0.15) is 12.4 Å². The van der Waals surface area contributed by atoms with Gasteiger partial charge in [-0.15, -0.1) is 0 Å². The van der Waals surface area contributed by atoms with Gasteiger partial charge in [0.2, 0.25) is 0 Å². The summed E-state index contributed by atoms with van der Waals surface area (Å²) in [7, 11) is 0. The summed E-state index contributed by atoms with van der Waals surface area (Å²) in [5, 5.41) is 8.84. The first-order valence-electron chi connectivity index (χ1n) is 13.0. The fraction of sp³-hybridized carbons (Fsp3) is 0.281. The maximum atomic E-state index is 10.7. The van der Waals surface area contributed by atoms with Crippen LogP contribution < -0.4 is 4.74 Å². The van der Waals surface area contributed by atoms with Gasteiger partial charge in [0.15, 0.2) is 0 Å². The molecule has 184 valence electrons. The largest absolute Gasteiger partial charge is 0.489 e. The van der Waals surface area contributed by atoms with Crippen LogP contribution in [0.4, 0.5) is 0 Å². The lowest BCUT2D eigenvalue weighted by Crippen LogP contribution is -1.94. The Labute approximate surface area is 212 Å². The monoisotopic (exact) mass is 479 g/mol. The van der Waals surface area contributed by atoms with E-state index in [1.54, 1.807) is 0 Å². The van der Waals surface area contributed by atoms with E-state index in [0.717, 1.165) is 49.8 Å². The highest BCUT2D eigenvalue weighted by Gasteiger charge is 2.20. The molecular weight excluding hydrogens is 446 g/mol. The van der Waals surface area contributed by atoms with Crippen molar-refractivity contribution in [2.75, 3.05) is 0 Å². The molecule has 5 rings (SSSR count). The number of aryl methyl sites for hydroxylation is 2. The normalized spacial score (nSPS) is 11.5. The molecule has 0 unspecified atom stereocenters. The second kappa shape index (κ2) is 10.9. The molecule has 0 aliphatic carbocycles. The van der Waals surface area contributed by atoms with Crippen molar-refractivity contribution in [3.05, 3.63) is 95.6 Å². The number of nitrogens with zero attached hydrogens (tertiary/aromatic N) is 1. The minimum Gasteiger partial charge on any atom is -0.489 e. The Morgan fingerprint density at radius 2 is 1.58 bits per heavy atom. The zero-order chi connectivity index (χ0) is 24.9. The zero-order valence-corrected chi connectivity index (χ0v) is 20.9. The number of unbranched alkanes of at least 4 members (excludes halogenated alkanes) is 3. The van der Waals surface area contributed by atoms with Gasteiger partial charge in [-0.2, -0.15) is 0 Å². The van der Waals surface area contributed by atoms with Gasteiger partial charge in [-0.25, -0.2) is 0 Å². The van der Waals surface area contributed by atoms with E-state index in [9.17, 15) is 4.79 Å². The third-order valence-electron chi connectivity index (χ3n) is 7.07. The van der Waals surface area contributed by atoms with Crippen LogP contribution in [0, 0.1) is 0 Å². The molecule has 0 aliphatic rings. The molecule has 5 aromatic rings. The van der Waals surface area contributed by atoms with Crippen LogP contribution in [0.2, 0.25) is 0 Å². The molecule has 4 heteroatoms. The van der Waals surface area contributed by atoms with E-state index in [2.05, 4.69) is 72.0 Å². The first-order valence-corrected chi connectivity index (χ1v) is 13.0. The third kappa shape index (κ3) is 4.94. The van der Waals surface area contributed by atoms with Crippen molar-refractivity contribution in [3.8, 4) is 16.9 Å². The second-order valence-corrected chi connectivity index (χ2v) is 9.50. The van der Waals surface area contributed by atoms with Crippen molar-refractivity contribution >= 4 is 22.5 Å². The summed E-state index contributed by atoms with van der Waals surface area (Å²) in [4.78, 5) is 10.7. The van der Waals surface area contributed by atoms with Crippen LogP contribution >= 0.6 is 0 Å². The highest BCUT2D eigenvalue weighted by atomic mass is 16.5. The van der Waals surface area contributed by atoms with Gasteiger partial charge in [-0.1, -0.05) is 68.3 Å². The zero-order valence-electron chi connectivity index (χ0n) is 20.9. The fourth-order valence-electron chi connectivity index (χ4n) is 5.31. The molecule has 0 amide bonds. The molecule has 0 saturated heterocycles. The number of hydrogen-bond acceptors (Lipinski definition) is 2. The van der Waals surface area contributed by atoms with Crippen LogP contribution in [-0.4, -0.2) is 15.5 Å². The van der Waals surface area contributed by atoms with E-state index in [0.29, 0.717) is 6.61 Å². The number of carboxylic acids is 1. The van der Waals surface area contributed by atoms with E-state index in [1.165, 1.54) is 38.8 Å². The van der Waals surface area contributed by atoms with Crippen LogP contribution in [0.3, 0.4) is 0 Å². The van der Waals surface area contributed by atoms with Gasteiger partial charge in [-0.05, 0) is 78.3 Å². The minimum atomic E-state index is -0.699. The maximum Gasteiger partial charge on any atom is 0.303 e. The van der Waals surface area contributed by atoms with Crippen LogP contribution in [0.1, 0.15) is 55.7 Å². The van der Waals surface area contributed by atoms with Crippen LogP contribution in [0.5, 0.6) is 5.75 Å². The molecule has 3 heterocycles. The predicted octanol–water partition coefficient (Wildman–Crippen LogP) is 7.92. The molecule has 2 aromatic carbocycles. The number of aromatic nitrogens is 1. The van der Waals surface area contributed by atoms with Gasteiger partial charge >= 0.3 is 5.97 Å². The average Bonchev–Trinajstić information content (AvgIpc) is 3.43. The number of hydrogen-bond donors (Lipinski definition) is 1. The highest BCUT2D eigenvalue weighted by molar-refractivity contribution is 5.96. The SMILES string of the molecule is CCc1c(-c2ccc(OCc3ccccc3)cc2)c2cc(CCCCCCC(=O)O)c3cccc1n32. The van der Waals surface area contributed by atoms with Crippen molar-refractivity contribution in [1.29, 1.82) is 0 Å². The summed E-state index contributed by atoms with van der Waals surface area (Å²) in [5.41, 5.74) is 10.3. The molecule has 0 spiro atoms. The molecular formula is C32H33NO3. The summed E-state index contributed by atoms with van der Waals surface area (Å²) in [6, 6.07) is 27.7. The van der Waals surface area contributed by atoms with Gasteiger partial charge in [0.25, 0.3) is 0 Å². The first-order chi connectivity index (χ1) is 17.7. The number of ether oxygens (including phenoxy) is 1. The maximum absolute atomic E-state index is 10.7. The van der Waals surface area contributed by atoms with Gasteiger partial charge in [-0.3, -0.25) is 4.79 Å². The molecule has 0 radical (unpaired) electrons. The standard InChI is InChI=1S/C32H33NO3/c1-2-27-29-15-10-14-28-25(13-8-3-4-9-16-31(34)35)21-30(33(28)29)32(27)24-17-19-26(20-18-24)36-22-23-11-6-5-7-12-23/h5-7,10-12,14-15,17-21H,2-4,8-9,13,16,22H2,1H3,(H,34,35). The van der Waals surface area contributed by atoms with Crippen LogP contribution in [-0.2, 0) is 24.2 Å². The van der Waals surface area contributed by atoms with Crippen LogP contribution in [0.25, 0.3) is 27.7 Å². The number of rotatable bonds is 12. The molecule has 3 aromatic heterocycles. The minimum absolute atomic E-state index is 0.271. The number of aliphatic carboxylic acids is 1. The highest BCUT2D eigenvalue weighted by Crippen LogP contribution is 2.39. The van der Waals surface area contributed by atoms with E-state index in [4.69, 9.17) is 9.84 Å².